The highest BCUT2D eigenvalue weighted by molar-refractivity contribution is 7.90. The lowest BCUT2D eigenvalue weighted by Gasteiger charge is -2.29. The highest BCUT2D eigenvalue weighted by Gasteiger charge is 2.31. The van der Waals surface area contributed by atoms with Gasteiger partial charge in [0.05, 0.1) is 5.92 Å². The fourth-order valence-electron chi connectivity index (χ4n) is 2.11. The number of aryl methyl sites for hydroxylation is 1. The van der Waals surface area contributed by atoms with Crippen molar-refractivity contribution in [2.24, 2.45) is 5.92 Å². The number of carbonyl (C=O) groups is 1. The van der Waals surface area contributed by atoms with Crippen molar-refractivity contribution >= 4 is 22.0 Å². The molecule has 0 radical (unpaired) electrons. The van der Waals surface area contributed by atoms with Gasteiger partial charge in [-0.3, -0.25) is 14.6 Å². The number of nitrogens with zero attached hydrogens (tertiary/aromatic N) is 2. The molecule has 0 aromatic carbocycles. The van der Waals surface area contributed by atoms with E-state index in [9.17, 15) is 13.2 Å². The zero-order valence-corrected chi connectivity index (χ0v) is 12.2. The first-order valence-electron chi connectivity index (χ1n) is 6.33. The Morgan fingerprint density at radius 2 is 2.00 bits per heavy atom. The first kappa shape index (κ1) is 14.8. The van der Waals surface area contributed by atoms with E-state index in [0.717, 1.165) is 11.3 Å². The van der Waals surface area contributed by atoms with Crippen molar-refractivity contribution < 1.29 is 18.3 Å². The smallest absolute Gasteiger partial charge is 0.306 e. The zero-order valence-electron chi connectivity index (χ0n) is 11.4. The number of hydrogen-bond acceptors (Lipinski definition) is 4. The Morgan fingerprint density at radius 3 is 2.45 bits per heavy atom. The summed E-state index contributed by atoms with van der Waals surface area (Å²) in [5, 5.41) is 15.5. The topological polar surface area (TPSA) is 115 Å². The second-order valence-corrected chi connectivity index (χ2v) is 6.61. The van der Waals surface area contributed by atoms with Crippen molar-refractivity contribution in [3.05, 3.63) is 11.3 Å². The summed E-state index contributed by atoms with van der Waals surface area (Å²) >= 11 is 0. The van der Waals surface area contributed by atoms with Crippen LogP contribution in [0.2, 0.25) is 0 Å². The highest BCUT2D eigenvalue weighted by atomic mass is 32.2. The minimum absolute atomic E-state index is 0.203. The first-order chi connectivity index (χ1) is 9.31. The maximum Gasteiger partial charge on any atom is 0.306 e. The van der Waals surface area contributed by atoms with E-state index in [0.29, 0.717) is 12.8 Å². The molecule has 0 spiro atoms. The van der Waals surface area contributed by atoms with Crippen molar-refractivity contribution in [1.29, 1.82) is 0 Å². The number of carboxylic acid groups (broad SMARTS) is 1. The molecule has 0 aliphatic carbocycles. The third-order valence-corrected chi connectivity index (χ3v) is 5.12. The van der Waals surface area contributed by atoms with Crippen molar-refractivity contribution in [3.63, 3.8) is 0 Å². The summed E-state index contributed by atoms with van der Waals surface area (Å²) in [6.07, 6.45) is 0.656. The summed E-state index contributed by atoms with van der Waals surface area (Å²) in [7, 11) is -3.69. The number of nitrogens with one attached hydrogen (secondary N) is 2. The van der Waals surface area contributed by atoms with E-state index in [2.05, 4.69) is 14.9 Å². The predicted molar refractivity (Wildman–Crippen MR) is 72.5 cm³/mol. The van der Waals surface area contributed by atoms with E-state index in [1.165, 1.54) is 4.31 Å². The van der Waals surface area contributed by atoms with Crippen LogP contribution in [-0.4, -0.2) is 47.1 Å². The van der Waals surface area contributed by atoms with Gasteiger partial charge in [-0.25, -0.2) is 0 Å². The number of H-pyrrole nitrogens is 1. The fourth-order valence-corrected chi connectivity index (χ4v) is 3.38. The maximum atomic E-state index is 12.2. The summed E-state index contributed by atoms with van der Waals surface area (Å²) < 4.78 is 28.1. The molecule has 0 saturated carbocycles. The maximum absolute atomic E-state index is 12.2. The number of hydrogen-bond donors (Lipinski definition) is 3. The molecule has 0 amide bonds. The van der Waals surface area contributed by atoms with Crippen LogP contribution in [0.15, 0.2) is 0 Å². The lowest BCUT2D eigenvalue weighted by molar-refractivity contribution is -0.142. The largest absolute Gasteiger partial charge is 0.481 e. The molecular weight excluding hydrogens is 284 g/mol. The van der Waals surface area contributed by atoms with E-state index in [1.807, 2.05) is 0 Å². The Kier molecular flexibility index (Phi) is 4.00. The molecule has 1 aromatic rings. The Balaban J connectivity index is 2.05. The predicted octanol–water partition coefficient (Wildman–Crippen LogP) is 0.480. The molecule has 1 saturated heterocycles. The van der Waals surface area contributed by atoms with Crippen molar-refractivity contribution in [3.8, 4) is 0 Å². The molecule has 9 heteroatoms. The number of aliphatic carboxylic acids is 1. The lowest BCUT2D eigenvalue weighted by Crippen LogP contribution is -2.43. The van der Waals surface area contributed by atoms with Crippen LogP contribution in [0.3, 0.4) is 0 Å². The normalized spacial score (nSPS) is 18.1. The van der Waals surface area contributed by atoms with Crippen molar-refractivity contribution in [1.82, 2.24) is 14.5 Å². The third kappa shape index (κ3) is 2.93. The van der Waals surface area contributed by atoms with Crippen LogP contribution in [0.4, 0.5) is 5.82 Å². The minimum Gasteiger partial charge on any atom is -0.481 e. The summed E-state index contributed by atoms with van der Waals surface area (Å²) in [5.74, 6) is -1.05. The zero-order chi connectivity index (χ0) is 14.9. The Hall–Kier alpha value is -1.61. The number of anilines is 1. The van der Waals surface area contributed by atoms with Crippen LogP contribution in [0, 0.1) is 19.8 Å². The van der Waals surface area contributed by atoms with Crippen LogP contribution in [0.1, 0.15) is 24.1 Å². The molecule has 8 nitrogen and oxygen atoms in total. The van der Waals surface area contributed by atoms with Gasteiger partial charge in [0.1, 0.15) is 0 Å². The van der Waals surface area contributed by atoms with Crippen molar-refractivity contribution in [2.75, 3.05) is 17.8 Å². The summed E-state index contributed by atoms with van der Waals surface area (Å²) in [6.45, 7) is 3.98. The van der Waals surface area contributed by atoms with Crippen LogP contribution in [0.25, 0.3) is 0 Å². The number of rotatable bonds is 4. The Labute approximate surface area is 117 Å². The molecule has 2 heterocycles. The van der Waals surface area contributed by atoms with Gasteiger partial charge in [-0.05, 0) is 26.7 Å². The van der Waals surface area contributed by atoms with E-state index in [1.54, 1.807) is 13.8 Å². The van der Waals surface area contributed by atoms with Gasteiger partial charge in [-0.15, -0.1) is 0 Å². The van der Waals surface area contributed by atoms with Gasteiger partial charge < -0.3 is 5.11 Å². The second kappa shape index (κ2) is 5.41. The van der Waals surface area contributed by atoms with Crippen molar-refractivity contribution in [2.45, 2.75) is 26.7 Å². The third-order valence-electron chi connectivity index (χ3n) is 3.62. The van der Waals surface area contributed by atoms with Gasteiger partial charge in [0.2, 0.25) is 0 Å². The summed E-state index contributed by atoms with van der Waals surface area (Å²) in [4.78, 5) is 10.9. The summed E-state index contributed by atoms with van der Waals surface area (Å²) in [6, 6.07) is 0. The van der Waals surface area contributed by atoms with E-state index in [4.69, 9.17) is 5.11 Å². The molecule has 1 aliphatic rings. The molecule has 1 aliphatic heterocycles. The second-order valence-electron chi connectivity index (χ2n) is 4.94. The molecule has 0 atom stereocenters. The Morgan fingerprint density at radius 1 is 1.40 bits per heavy atom. The van der Waals surface area contributed by atoms with Gasteiger partial charge in [-0.1, -0.05) is 0 Å². The van der Waals surface area contributed by atoms with Gasteiger partial charge >= 0.3 is 16.2 Å². The fraction of sp³-hybridized carbons (Fsp3) is 0.636. The molecule has 1 fully saturated rings. The van der Waals surface area contributed by atoms with Gasteiger partial charge in [-0.2, -0.15) is 17.8 Å². The van der Waals surface area contributed by atoms with Crippen LogP contribution in [-0.2, 0) is 15.0 Å². The Bertz CT molecular complexity index is 602. The van der Waals surface area contributed by atoms with E-state index in [-0.39, 0.29) is 18.9 Å². The molecule has 0 unspecified atom stereocenters. The van der Waals surface area contributed by atoms with Gasteiger partial charge in [0.15, 0.2) is 5.82 Å². The number of carboxylic acids is 1. The number of aromatic amines is 1. The number of piperidine rings is 1. The van der Waals surface area contributed by atoms with E-state index >= 15 is 0 Å². The molecule has 2 rings (SSSR count). The highest BCUT2D eigenvalue weighted by Crippen LogP contribution is 2.22. The molecule has 20 heavy (non-hydrogen) atoms. The standard InChI is InChI=1S/C11H18N4O4S/c1-7-8(2)12-13-10(7)14-20(18,19)15-5-3-9(4-6-15)11(16)17/h9H,3-6H2,1-2H3,(H,16,17)(H2,12,13,14). The monoisotopic (exact) mass is 302 g/mol. The van der Waals surface area contributed by atoms with Gasteiger partial charge in [0.25, 0.3) is 0 Å². The first-order valence-corrected chi connectivity index (χ1v) is 7.77. The van der Waals surface area contributed by atoms with Gasteiger partial charge in [0, 0.05) is 24.3 Å². The molecular formula is C11H18N4O4S. The summed E-state index contributed by atoms with van der Waals surface area (Å²) in [5.41, 5.74) is 1.54. The average molecular weight is 302 g/mol. The van der Waals surface area contributed by atoms with Crippen LogP contribution < -0.4 is 4.72 Å². The molecule has 0 bridgehead atoms. The van der Waals surface area contributed by atoms with Crippen LogP contribution >= 0.6 is 0 Å². The average Bonchev–Trinajstić information content (AvgIpc) is 2.70. The minimum atomic E-state index is -3.69. The van der Waals surface area contributed by atoms with Crippen LogP contribution in [0.5, 0.6) is 0 Å². The molecule has 1 aromatic heterocycles. The quantitative estimate of drug-likeness (QED) is 0.748. The number of aromatic nitrogens is 2. The molecule has 112 valence electrons. The SMILES string of the molecule is Cc1[nH]nc(NS(=O)(=O)N2CCC(C(=O)O)CC2)c1C. The molecule has 3 N–H and O–H groups in total. The lowest BCUT2D eigenvalue weighted by atomic mass is 9.99. The van der Waals surface area contributed by atoms with E-state index < -0.39 is 22.1 Å².